The van der Waals surface area contributed by atoms with Crippen molar-refractivity contribution in [2.75, 3.05) is 24.5 Å². The van der Waals surface area contributed by atoms with E-state index in [0.29, 0.717) is 23.7 Å². The molecule has 0 aliphatic heterocycles. The highest BCUT2D eigenvalue weighted by Gasteiger charge is 2.27. The average molecular weight is 487 g/mol. The van der Waals surface area contributed by atoms with Crippen LogP contribution in [0.25, 0.3) is 0 Å². The van der Waals surface area contributed by atoms with Crippen molar-refractivity contribution in [3.8, 4) is 5.75 Å². The van der Waals surface area contributed by atoms with Crippen LogP contribution in [0.5, 0.6) is 5.75 Å². The molecule has 3 aromatic rings. The summed E-state index contributed by atoms with van der Waals surface area (Å²) in [6.07, 6.45) is 1.48. The zero-order chi connectivity index (χ0) is 23.8. The third kappa shape index (κ3) is 6.73. The largest absolute Gasteiger partial charge is 0.497 e. The van der Waals surface area contributed by atoms with Gasteiger partial charge in [-0.2, -0.15) is 0 Å². The second-order valence-corrected chi connectivity index (χ2v) is 9.90. The Bertz CT molecular complexity index is 1180. The van der Waals surface area contributed by atoms with Crippen LogP contribution in [0, 0.1) is 6.92 Å². The molecule has 174 valence electrons. The van der Waals surface area contributed by atoms with E-state index in [0.717, 1.165) is 27.6 Å². The Labute approximate surface area is 200 Å². The first-order valence-electron chi connectivity index (χ1n) is 10.5. The molecular formula is C25H27ClN2O4S. The van der Waals surface area contributed by atoms with Gasteiger partial charge in [0.15, 0.2) is 0 Å². The third-order valence-corrected chi connectivity index (χ3v) is 7.15. The highest BCUT2D eigenvalue weighted by molar-refractivity contribution is 7.92. The van der Waals surface area contributed by atoms with Gasteiger partial charge in [0.25, 0.3) is 10.0 Å². The molecule has 0 saturated carbocycles. The Morgan fingerprint density at radius 2 is 1.73 bits per heavy atom. The SMILES string of the molecule is COc1cccc(CCCNC(=O)CN(c2ccc(C)cc2)S(=O)(=O)c2ccc(Cl)cc2)c1. The first-order chi connectivity index (χ1) is 15.8. The van der Waals surface area contributed by atoms with E-state index < -0.39 is 10.0 Å². The van der Waals surface area contributed by atoms with Crippen molar-refractivity contribution in [3.63, 3.8) is 0 Å². The molecule has 3 aromatic carbocycles. The van der Waals surface area contributed by atoms with Gasteiger partial charge in [-0.25, -0.2) is 8.42 Å². The molecule has 0 atom stereocenters. The number of carbonyl (C=O) groups is 1. The molecule has 0 spiro atoms. The van der Waals surface area contributed by atoms with Crippen LogP contribution in [0.2, 0.25) is 5.02 Å². The number of ether oxygens (including phenoxy) is 1. The maximum atomic E-state index is 13.3. The molecule has 0 aromatic heterocycles. The molecule has 0 aliphatic carbocycles. The first-order valence-corrected chi connectivity index (χ1v) is 12.4. The van der Waals surface area contributed by atoms with E-state index in [2.05, 4.69) is 5.32 Å². The predicted molar refractivity (Wildman–Crippen MR) is 131 cm³/mol. The zero-order valence-corrected chi connectivity index (χ0v) is 20.2. The summed E-state index contributed by atoms with van der Waals surface area (Å²) in [5.41, 5.74) is 2.52. The Morgan fingerprint density at radius 1 is 1.03 bits per heavy atom. The van der Waals surface area contributed by atoms with E-state index in [1.165, 1.54) is 24.3 Å². The molecule has 33 heavy (non-hydrogen) atoms. The lowest BCUT2D eigenvalue weighted by Crippen LogP contribution is -2.41. The van der Waals surface area contributed by atoms with E-state index in [1.807, 2.05) is 43.3 Å². The number of nitrogens with zero attached hydrogens (tertiary/aromatic N) is 1. The molecule has 1 amide bonds. The number of hydrogen-bond donors (Lipinski definition) is 1. The normalized spacial score (nSPS) is 11.1. The van der Waals surface area contributed by atoms with Crippen molar-refractivity contribution in [2.45, 2.75) is 24.7 Å². The number of benzene rings is 3. The van der Waals surface area contributed by atoms with Crippen molar-refractivity contribution in [2.24, 2.45) is 0 Å². The number of anilines is 1. The van der Waals surface area contributed by atoms with Crippen LogP contribution in [-0.4, -0.2) is 34.5 Å². The summed E-state index contributed by atoms with van der Waals surface area (Å²) in [7, 11) is -2.34. The van der Waals surface area contributed by atoms with Crippen LogP contribution < -0.4 is 14.4 Å². The molecular weight excluding hydrogens is 460 g/mol. The minimum absolute atomic E-state index is 0.0679. The lowest BCUT2D eigenvalue weighted by Gasteiger charge is -2.24. The van der Waals surface area contributed by atoms with Crippen molar-refractivity contribution in [1.29, 1.82) is 0 Å². The highest BCUT2D eigenvalue weighted by atomic mass is 35.5. The molecule has 3 rings (SSSR count). The monoisotopic (exact) mass is 486 g/mol. The van der Waals surface area contributed by atoms with Gasteiger partial charge in [0, 0.05) is 11.6 Å². The van der Waals surface area contributed by atoms with Crippen LogP contribution in [0.1, 0.15) is 17.5 Å². The van der Waals surface area contributed by atoms with Gasteiger partial charge in [0.05, 0.1) is 17.7 Å². The molecule has 0 aliphatic rings. The number of amides is 1. The summed E-state index contributed by atoms with van der Waals surface area (Å²) in [5.74, 6) is 0.413. The quantitative estimate of drug-likeness (QED) is 0.425. The fraction of sp³-hybridized carbons (Fsp3) is 0.240. The van der Waals surface area contributed by atoms with Gasteiger partial charge < -0.3 is 10.1 Å². The molecule has 0 bridgehead atoms. The fourth-order valence-corrected chi connectivity index (χ4v) is 4.84. The molecule has 0 fully saturated rings. The molecule has 1 N–H and O–H groups in total. The summed E-state index contributed by atoms with van der Waals surface area (Å²) >= 11 is 5.91. The number of aryl methyl sites for hydroxylation is 2. The highest BCUT2D eigenvalue weighted by Crippen LogP contribution is 2.25. The van der Waals surface area contributed by atoms with Gasteiger partial charge in [-0.05, 0) is 73.9 Å². The van der Waals surface area contributed by atoms with Gasteiger partial charge >= 0.3 is 0 Å². The number of methoxy groups -OCH3 is 1. The summed E-state index contributed by atoms with van der Waals surface area (Å²) in [4.78, 5) is 12.7. The predicted octanol–water partition coefficient (Wildman–Crippen LogP) is 4.60. The van der Waals surface area contributed by atoms with E-state index >= 15 is 0 Å². The number of sulfonamides is 1. The van der Waals surface area contributed by atoms with Crippen LogP contribution in [0.4, 0.5) is 5.69 Å². The number of carbonyl (C=O) groups excluding carboxylic acids is 1. The molecule has 8 heteroatoms. The Balaban J connectivity index is 1.68. The van der Waals surface area contributed by atoms with E-state index in [9.17, 15) is 13.2 Å². The Hall–Kier alpha value is -3.03. The number of hydrogen-bond acceptors (Lipinski definition) is 4. The molecule has 6 nitrogen and oxygen atoms in total. The first kappa shape index (κ1) is 24.6. The minimum atomic E-state index is -3.96. The van der Waals surface area contributed by atoms with Gasteiger partial charge in [-0.3, -0.25) is 9.10 Å². The summed E-state index contributed by atoms with van der Waals surface area (Å²) in [5, 5.41) is 3.26. The standard InChI is InChI=1S/C25H27ClN2O4S/c1-19-8-12-22(13-9-19)28(33(30,31)24-14-10-21(26)11-15-24)18-25(29)27-16-4-6-20-5-3-7-23(17-20)32-2/h3,5,7-15,17H,4,6,16,18H2,1-2H3,(H,27,29). The van der Waals surface area contributed by atoms with E-state index in [4.69, 9.17) is 16.3 Å². The fourth-order valence-electron chi connectivity index (χ4n) is 3.29. The number of halogens is 1. The summed E-state index contributed by atoms with van der Waals surface area (Å²) < 4.78 is 33.0. The number of nitrogens with one attached hydrogen (secondary N) is 1. The Kier molecular flexibility index (Phi) is 8.36. The minimum Gasteiger partial charge on any atom is -0.497 e. The summed E-state index contributed by atoms with van der Waals surface area (Å²) in [6, 6.07) is 20.7. The maximum absolute atomic E-state index is 13.3. The van der Waals surface area contributed by atoms with Gasteiger partial charge in [-0.1, -0.05) is 41.4 Å². The summed E-state index contributed by atoms with van der Waals surface area (Å²) in [6.45, 7) is 2.02. The maximum Gasteiger partial charge on any atom is 0.264 e. The topological polar surface area (TPSA) is 75.7 Å². The van der Waals surface area contributed by atoms with Crippen molar-refractivity contribution in [3.05, 3.63) is 88.9 Å². The van der Waals surface area contributed by atoms with E-state index in [-0.39, 0.29) is 17.3 Å². The molecule has 0 radical (unpaired) electrons. The van der Waals surface area contributed by atoms with Crippen LogP contribution in [0.3, 0.4) is 0 Å². The van der Waals surface area contributed by atoms with Crippen molar-refractivity contribution < 1.29 is 17.9 Å². The number of rotatable bonds is 10. The van der Waals surface area contributed by atoms with E-state index in [1.54, 1.807) is 19.2 Å². The lowest BCUT2D eigenvalue weighted by molar-refractivity contribution is -0.119. The van der Waals surface area contributed by atoms with Crippen LogP contribution in [0.15, 0.2) is 77.7 Å². The smallest absolute Gasteiger partial charge is 0.264 e. The van der Waals surface area contributed by atoms with Crippen molar-refractivity contribution in [1.82, 2.24) is 5.32 Å². The molecule has 0 saturated heterocycles. The van der Waals surface area contributed by atoms with Gasteiger partial charge in [0.2, 0.25) is 5.91 Å². The second-order valence-electron chi connectivity index (χ2n) is 7.61. The zero-order valence-electron chi connectivity index (χ0n) is 18.6. The molecule has 0 unspecified atom stereocenters. The third-order valence-electron chi connectivity index (χ3n) is 5.11. The van der Waals surface area contributed by atoms with Gasteiger partial charge in [-0.15, -0.1) is 0 Å². The van der Waals surface area contributed by atoms with Crippen molar-refractivity contribution >= 4 is 33.2 Å². The van der Waals surface area contributed by atoms with Crippen LogP contribution in [-0.2, 0) is 21.2 Å². The lowest BCUT2D eigenvalue weighted by atomic mass is 10.1. The average Bonchev–Trinajstić information content (AvgIpc) is 2.81. The van der Waals surface area contributed by atoms with Gasteiger partial charge in [0.1, 0.15) is 12.3 Å². The Morgan fingerprint density at radius 3 is 2.39 bits per heavy atom. The molecule has 0 heterocycles. The van der Waals surface area contributed by atoms with Crippen LogP contribution >= 0.6 is 11.6 Å². The second kappa shape index (κ2) is 11.2.